The van der Waals surface area contributed by atoms with Crippen LogP contribution in [0.15, 0.2) is 60.7 Å². The molecule has 0 unspecified atom stereocenters. The normalized spacial score (nSPS) is 10.2. The van der Waals surface area contributed by atoms with E-state index in [1.165, 1.54) is 19.9 Å². The number of halogens is 1. The first-order chi connectivity index (χ1) is 17.1. The largest absolute Gasteiger partial charge is 0.486 e. The first kappa shape index (κ1) is 28.1. The molecule has 0 amide bonds. The van der Waals surface area contributed by atoms with Crippen molar-refractivity contribution in [2.75, 3.05) is 26.4 Å². The number of hydrogen-bond acceptors (Lipinski definition) is 8. The van der Waals surface area contributed by atoms with Crippen LogP contribution in [0.1, 0.15) is 27.2 Å². The predicted molar refractivity (Wildman–Crippen MR) is 130 cm³/mol. The van der Waals surface area contributed by atoms with Crippen LogP contribution in [0, 0.1) is 5.82 Å². The van der Waals surface area contributed by atoms with E-state index in [1.807, 2.05) is 0 Å². The molecule has 0 atom stereocenters. The highest BCUT2D eigenvalue weighted by Gasteiger charge is 2.16. The Bertz CT molecular complexity index is 1120. The maximum absolute atomic E-state index is 15.1. The molecule has 8 nitrogen and oxygen atoms in total. The van der Waals surface area contributed by atoms with Crippen LogP contribution in [0.5, 0.6) is 17.2 Å². The molecule has 2 aromatic carbocycles. The molecule has 192 valence electrons. The molecule has 0 fully saturated rings. The molecule has 0 radical (unpaired) electrons. The average Bonchev–Trinajstić information content (AvgIpc) is 2.85. The lowest BCUT2D eigenvalue weighted by Gasteiger charge is -2.16. The molecular weight excluding hydrogens is 471 g/mol. The summed E-state index contributed by atoms with van der Waals surface area (Å²) < 4.78 is 41.3. The zero-order valence-corrected chi connectivity index (χ0v) is 20.6. The molecule has 0 saturated carbocycles. The van der Waals surface area contributed by atoms with Gasteiger partial charge in [0.05, 0.1) is 0 Å². The van der Waals surface area contributed by atoms with Gasteiger partial charge < -0.3 is 23.7 Å². The van der Waals surface area contributed by atoms with Crippen molar-refractivity contribution in [1.82, 2.24) is 0 Å². The minimum Gasteiger partial charge on any atom is -0.486 e. The Morgan fingerprint density at radius 3 is 2.03 bits per heavy atom. The summed E-state index contributed by atoms with van der Waals surface area (Å²) in [5.41, 5.74) is 1.58. The Kier molecular flexibility index (Phi) is 10.7. The highest BCUT2D eigenvalue weighted by molar-refractivity contribution is 5.89. The number of hydrogen-bond donors (Lipinski definition) is 0. The zero-order valence-electron chi connectivity index (χ0n) is 20.6. The molecule has 0 saturated heterocycles. The highest BCUT2D eigenvalue weighted by atomic mass is 19.1. The van der Waals surface area contributed by atoms with Crippen LogP contribution < -0.4 is 14.2 Å². The number of carbonyl (C=O) groups is 3. The van der Waals surface area contributed by atoms with Gasteiger partial charge in [-0.05, 0) is 49.2 Å². The van der Waals surface area contributed by atoms with Crippen LogP contribution in [-0.4, -0.2) is 44.3 Å². The summed E-state index contributed by atoms with van der Waals surface area (Å²) >= 11 is 0. The van der Waals surface area contributed by atoms with Crippen LogP contribution in [-0.2, 0) is 23.9 Å². The summed E-state index contributed by atoms with van der Waals surface area (Å²) in [6.07, 6.45) is 0.221. The van der Waals surface area contributed by atoms with Crippen LogP contribution in [0.4, 0.5) is 4.39 Å². The van der Waals surface area contributed by atoms with Crippen molar-refractivity contribution in [2.24, 2.45) is 0 Å². The molecule has 0 aliphatic carbocycles. The fraction of sp³-hybridized carbons (Fsp3) is 0.296. The minimum atomic E-state index is -0.711. The van der Waals surface area contributed by atoms with Gasteiger partial charge in [-0.25, -0.2) is 14.0 Å². The average molecular weight is 501 g/mol. The van der Waals surface area contributed by atoms with E-state index >= 15 is 4.39 Å². The SMILES string of the molecule is C=C(C)C(=O)OCCOc1c(F)cc(-c2ccc(OC(=O)C(=C)C)cc2)cc1OCCOC(=O)CC. The van der Waals surface area contributed by atoms with Gasteiger partial charge in [0.1, 0.15) is 32.2 Å². The van der Waals surface area contributed by atoms with Gasteiger partial charge >= 0.3 is 17.9 Å². The van der Waals surface area contributed by atoms with Crippen LogP contribution in [0.25, 0.3) is 11.1 Å². The molecule has 0 spiro atoms. The molecule has 2 rings (SSSR count). The number of esters is 3. The topological polar surface area (TPSA) is 97.4 Å². The second-order valence-electron chi connectivity index (χ2n) is 7.67. The second kappa shape index (κ2) is 13.7. The summed E-state index contributed by atoms with van der Waals surface area (Å²) in [5, 5.41) is 0. The van der Waals surface area contributed by atoms with Gasteiger partial charge in [-0.15, -0.1) is 0 Å². The first-order valence-corrected chi connectivity index (χ1v) is 11.2. The van der Waals surface area contributed by atoms with Crippen LogP contribution >= 0.6 is 0 Å². The van der Waals surface area contributed by atoms with Crippen molar-refractivity contribution in [2.45, 2.75) is 27.2 Å². The van der Waals surface area contributed by atoms with E-state index in [1.54, 1.807) is 37.3 Å². The Morgan fingerprint density at radius 2 is 1.42 bits per heavy atom. The fourth-order valence-electron chi connectivity index (χ4n) is 2.70. The Labute approximate surface area is 209 Å². The molecule has 0 heterocycles. The van der Waals surface area contributed by atoms with Gasteiger partial charge in [0, 0.05) is 17.6 Å². The third-order valence-electron chi connectivity index (χ3n) is 4.56. The number of benzene rings is 2. The molecule has 0 N–H and O–H groups in total. The summed E-state index contributed by atoms with van der Waals surface area (Å²) in [6, 6.07) is 9.27. The summed E-state index contributed by atoms with van der Waals surface area (Å²) in [5.74, 6) is -2.03. The van der Waals surface area contributed by atoms with E-state index in [0.29, 0.717) is 16.9 Å². The highest BCUT2D eigenvalue weighted by Crippen LogP contribution is 2.36. The smallest absolute Gasteiger partial charge is 0.338 e. The zero-order chi connectivity index (χ0) is 26.7. The van der Waals surface area contributed by atoms with E-state index in [9.17, 15) is 14.4 Å². The second-order valence-corrected chi connectivity index (χ2v) is 7.67. The van der Waals surface area contributed by atoms with Crippen LogP contribution in [0.2, 0.25) is 0 Å². The third-order valence-corrected chi connectivity index (χ3v) is 4.56. The molecule has 2 aromatic rings. The molecule has 0 aliphatic rings. The Balaban J connectivity index is 2.21. The van der Waals surface area contributed by atoms with Crippen molar-refractivity contribution < 1.29 is 42.5 Å². The quantitative estimate of drug-likeness (QED) is 0.167. The first-order valence-electron chi connectivity index (χ1n) is 11.2. The van der Waals surface area contributed by atoms with Gasteiger partial charge in [0.2, 0.25) is 0 Å². The van der Waals surface area contributed by atoms with E-state index in [0.717, 1.165) is 0 Å². The van der Waals surface area contributed by atoms with Crippen molar-refractivity contribution in [3.8, 4) is 28.4 Å². The lowest BCUT2D eigenvalue weighted by molar-refractivity contribution is -0.144. The predicted octanol–water partition coefficient (Wildman–Crippen LogP) is 4.80. The maximum Gasteiger partial charge on any atom is 0.338 e. The van der Waals surface area contributed by atoms with Crippen molar-refractivity contribution in [1.29, 1.82) is 0 Å². The molecule has 0 bridgehead atoms. The number of rotatable bonds is 13. The maximum atomic E-state index is 15.1. The molecule has 9 heteroatoms. The fourth-order valence-corrected chi connectivity index (χ4v) is 2.70. The van der Waals surface area contributed by atoms with Crippen molar-refractivity contribution in [3.05, 3.63) is 66.5 Å². The molecule has 0 aliphatic heterocycles. The van der Waals surface area contributed by atoms with E-state index in [2.05, 4.69) is 13.2 Å². The van der Waals surface area contributed by atoms with E-state index in [-0.39, 0.29) is 61.5 Å². The van der Waals surface area contributed by atoms with Crippen LogP contribution in [0.3, 0.4) is 0 Å². The van der Waals surface area contributed by atoms with Gasteiger partial charge in [-0.2, -0.15) is 0 Å². The lowest BCUT2D eigenvalue weighted by atomic mass is 10.0. The summed E-state index contributed by atoms with van der Waals surface area (Å²) in [6.45, 7) is 11.4. The number of ether oxygens (including phenoxy) is 5. The van der Waals surface area contributed by atoms with Gasteiger partial charge in [-0.1, -0.05) is 32.2 Å². The number of carbonyl (C=O) groups excluding carboxylic acids is 3. The van der Waals surface area contributed by atoms with Gasteiger partial charge in [-0.3, -0.25) is 4.79 Å². The van der Waals surface area contributed by atoms with Gasteiger partial charge in [0.15, 0.2) is 17.3 Å². The van der Waals surface area contributed by atoms with Crippen molar-refractivity contribution >= 4 is 17.9 Å². The lowest BCUT2D eigenvalue weighted by Crippen LogP contribution is -2.14. The van der Waals surface area contributed by atoms with Crippen molar-refractivity contribution in [3.63, 3.8) is 0 Å². The standard InChI is InChI=1S/C27H29FO8/c1-6-24(29)33-12-11-32-23-16-20(19-7-9-21(10-8-19)36-27(31)18(4)5)15-22(28)25(23)34-13-14-35-26(30)17(2)3/h7-10,15-16H,2,4,6,11-14H2,1,3,5H3. The third kappa shape index (κ3) is 8.57. The molecular formula is C27H29FO8. The summed E-state index contributed by atoms with van der Waals surface area (Å²) in [4.78, 5) is 34.6. The molecule has 36 heavy (non-hydrogen) atoms. The minimum absolute atomic E-state index is 0.0308. The Hall–Kier alpha value is -4.14. The summed E-state index contributed by atoms with van der Waals surface area (Å²) in [7, 11) is 0. The van der Waals surface area contributed by atoms with E-state index in [4.69, 9.17) is 23.7 Å². The van der Waals surface area contributed by atoms with Gasteiger partial charge in [0.25, 0.3) is 0 Å². The monoisotopic (exact) mass is 500 g/mol. The van der Waals surface area contributed by atoms with E-state index < -0.39 is 17.8 Å². The Morgan fingerprint density at radius 1 is 0.806 bits per heavy atom. The molecule has 0 aromatic heterocycles.